The van der Waals surface area contributed by atoms with Crippen molar-refractivity contribution in [2.24, 2.45) is 7.05 Å². The number of nitrogens with one attached hydrogen (secondary N) is 1. The first-order valence-corrected chi connectivity index (χ1v) is 7.79. The summed E-state index contributed by atoms with van der Waals surface area (Å²) < 4.78 is 7.32. The van der Waals surface area contributed by atoms with Crippen LogP contribution in [0.1, 0.15) is 17.3 Å². The molecule has 0 spiro atoms. The number of carbonyl (C=O) groups is 1. The van der Waals surface area contributed by atoms with E-state index in [2.05, 4.69) is 10.3 Å². The second-order valence-electron chi connectivity index (χ2n) is 5.35. The number of aromatic nitrogens is 2. The zero-order valence-electron chi connectivity index (χ0n) is 13.7. The molecule has 1 heterocycles. The van der Waals surface area contributed by atoms with Gasteiger partial charge in [0, 0.05) is 36.3 Å². The first kappa shape index (κ1) is 15.8. The molecule has 0 radical (unpaired) electrons. The Kier molecular flexibility index (Phi) is 4.61. The van der Waals surface area contributed by atoms with Gasteiger partial charge in [-0.3, -0.25) is 4.79 Å². The van der Waals surface area contributed by atoms with Crippen molar-refractivity contribution < 1.29 is 9.53 Å². The summed E-state index contributed by atoms with van der Waals surface area (Å²) in [5.41, 5.74) is 2.27. The average molecular weight is 321 g/mol. The molecule has 0 aliphatic rings. The molecule has 0 saturated carbocycles. The third-order valence-corrected chi connectivity index (χ3v) is 3.63. The van der Waals surface area contributed by atoms with Crippen LogP contribution in [0.3, 0.4) is 0 Å². The molecule has 3 rings (SSSR count). The van der Waals surface area contributed by atoms with E-state index in [4.69, 9.17) is 4.74 Å². The third kappa shape index (κ3) is 3.46. The SMILES string of the molecule is CCOc1ccc(C(=O)Nc2cccc(-c3nccn3C)c2)cc1. The van der Waals surface area contributed by atoms with E-state index in [9.17, 15) is 4.79 Å². The lowest BCUT2D eigenvalue weighted by Crippen LogP contribution is -2.11. The van der Waals surface area contributed by atoms with E-state index in [0.717, 1.165) is 22.8 Å². The number of hydrogen-bond acceptors (Lipinski definition) is 3. The Morgan fingerprint density at radius 3 is 2.67 bits per heavy atom. The molecule has 1 N–H and O–H groups in total. The Morgan fingerprint density at radius 1 is 1.21 bits per heavy atom. The van der Waals surface area contributed by atoms with Gasteiger partial charge in [-0.15, -0.1) is 0 Å². The lowest BCUT2D eigenvalue weighted by Gasteiger charge is -2.08. The molecule has 0 unspecified atom stereocenters. The van der Waals surface area contributed by atoms with Gasteiger partial charge in [0.15, 0.2) is 0 Å². The summed E-state index contributed by atoms with van der Waals surface area (Å²) in [5, 5.41) is 2.91. The van der Waals surface area contributed by atoms with Gasteiger partial charge in [-0.25, -0.2) is 4.98 Å². The summed E-state index contributed by atoms with van der Waals surface area (Å²) in [6, 6.07) is 14.7. The van der Waals surface area contributed by atoms with Crippen molar-refractivity contribution in [1.82, 2.24) is 9.55 Å². The molecular formula is C19H19N3O2. The summed E-state index contributed by atoms with van der Waals surface area (Å²) in [6.07, 6.45) is 3.64. The molecule has 5 heteroatoms. The van der Waals surface area contributed by atoms with E-state index in [0.29, 0.717) is 12.2 Å². The number of amides is 1. The maximum atomic E-state index is 12.4. The first-order valence-electron chi connectivity index (χ1n) is 7.79. The Labute approximate surface area is 140 Å². The van der Waals surface area contributed by atoms with Crippen molar-refractivity contribution in [1.29, 1.82) is 0 Å². The molecule has 122 valence electrons. The van der Waals surface area contributed by atoms with Crippen LogP contribution in [-0.4, -0.2) is 22.1 Å². The van der Waals surface area contributed by atoms with Gasteiger partial charge in [0.25, 0.3) is 5.91 Å². The lowest BCUT2D eigenvalue weighted by molar-refractivity contribution is 0.102. The predicted molar refractivity (Wildman–Crippen MR) is 94.2 cm³/mol. The highest BCUT2D eigenvalue weighted by Gasteiger charge is 2.08. The van der Waals surface area contributed by atoms with Gasteiger partial charge in [-0.1, -0.05) is 12.1 Å². The van der Waals surface area contributed by atoms with Crippen LogP contribution >= 0.6 is 0 Å². The quantitative estimate of drug-likeness (QED) is 0.779. The van der Waals surface area contributed by atoms with Gasteiger partial charge in [0.2, 0.25) is 0 Å². The van der Waals surface area contributed by atoms with E-state index in [1.807, 2.05) is 49.0 Å². The second-order valence-corrected chi connectivity index (χ2v) is 5.35. The Hall–Kier alpha value is -3.08. The monoisotopic (exact) mass is 321 g/mol. The highest BCUT2D eigenvalue weighted by Crippen LogP contribution is 2.21. The summed E-state index contributed by atoms with van der Waals surface area (Å²) in [6.45, 7) is 2.53. The number of benzene rings is 2. The second kappa shape index (κ2) is 7.00. The molecular weight excluding hydrogens is 302 g/mol. The number of carbonyl (C=O) groups excluding carboxylic acids is 1. The fraction of sp³-hybridized carbons (Fsp3) is 0.158. The van der Waals surface area contributed by atoms with Crippen molar-refractivity contribution >= 4 is 11.6 Å². The predicted octanol–water partition coefficient (Wildman–Crippen LogP) is 3.74. The largest absolute Gasteiger partial charge is 0.494 e. The van der Waals surface area contributed by atoms with Gasteiger partial charge < -0.3 is 14.6 Å². The smallest absolute Gasteiger partial charge is 0.255 e. The summed E-state index contributed by atoms with van der Waals surface area (Å²) in [4.78, 5) is 16.7. The van der Waals surface area contributed by atoms with Crippen LogP contribution in [0, 0.1) is 0 Å². The van der Waals surface area contributed by atoms with E-state index < -0.39 is 0 Å². The summed E-state index contributed by atoms with van der Waals surface area (Å²) in [7, 11) is 1.94. The Morgan fingerprint density at radius 2 is 2.00 bits per heavy atom. The van der Waals surface area contributed by atoms with Crippen molar-refractivity contribution in [2.45, 2.75) is 6.92 Å². The minimum Gasteiger partial charge on any atom is -0.494 e. The zero-order valence-corrected chi connectivity index (χ0v) is 13.7. The van der Waals surface area contributed by atoms with Crippen LogP contribution in [0.25, 0.3) is 11.4 Å². The number of ether oxygens (including phenoxy) is 1. The molecule has 0 aliphatic heterocycles. The molecule has 3 aromatic rings. The summed E-state index contributed by atoms with van der Waals surface area (Å²) in [5.74, 6) is 1.45. The number of imidazole rings is 1. The highest BCUT2D eigenvalue weighted by molar-refractivity contribution is 6.04. The average Bonchev–Trinajstić information content (AvgIpc) is 3.02. The standard InChI is InChI=1S/C19H19N3O2/c1-3-24-17-9-7-14(8-10-17)19(23)21-16-6-4-5-15(13-16)18-20-11-12-22(18)2/h4-13H,3H2,1-2H3,(H,21,23). The van der Waals surface area contributed by atoms with Crippen LogP contribution < -0.4 is 10.1 Å². The van der Waals surface area contributed by atoms with E-state index in [1.165, 1.54) is 0 Å². The van der Waals surface area contributed by atoms with Crippen LogP contribution in [0.4, 0.5) is 5.69 Å². The molecule has 0 saturated heterocycles. The van der Waals surface area contributed by atoms with E-state index in [-0.39, 0.29) is 5.91 Å². The Balaban J connectivity index is 1.76. The number of rotatable bonds is 5. The molecule has 0 aliphatic carbocycles. The zero-order chi connectivity index (χ0) is 16.9. The van der Waals surface area contributed by atoms with Gasteiger partial charge in [0.05, 0.1) is 6.61 Å². The topological polar surface area (TPSA) is 56.1 Å². The maximum absolute atomic E-state index is 12.4. The number of anilines is 1. The molecule has 2 aromatic carbocycles. The number of aryl methyl sites for hydroxylation is 1. The maximum Gasteiger partial charge on any atom is 0.255 e. The first-order chi connectivity index (χ1) is 11.7. The van der Waals surface area contributed by atoms with E-state index >= 15 is 0 Å². The van der Waals surface area contributed by atoms with Crippen molar-refractivity contribution in [3.05, 3.63) is 66.5 Å². The Bertz CT molecular complexity index is 838. The van der Waals surface area contributed by atoms with Crippen LogP contribution in [-0.2, 0) is 7.05 Å². The fourth-order valence-electron chi connectivity index (χ4n) is 2.45. The minimum absolute atomic E-state index is 0.157. The molecule has 24 heavy (non-hydrogen) atoms. The fourth-order valence-corrected chi connectivity index (χ4v) is 2.45. The van der Waals surface area contributed by atoms with Crippen LogP contribution in [0.5, 0.6) is 5.75 Å². The van der Waals surface area contributed by atoms with Gasteiger partial charge >= 0.3 is 0 Å². The van der Waals surface area contributed by atoms with Crippen molar-refractivity contribution in [2.75, 3.05) is 11.9 Å². The van der Waals surface area contributed by atoms with Crippen LogP contribution in [0.2, 0.25) is 0 Å². The van der Waals surface area contributed by atoms with E-state index in [1.54, 1.807) is 30.5 Å². The van der Waals surface area contributed by atoms with Gasteiger partial charge in [-0.2, -0.15) is 0 Å². The molecule has 5 nitrogen and oxygen atoms in total. The molecule has 0 atom stereocenters. The number of nitrogens with zero attached hydrogens (tertiary/aromatic N) is 2. The summed E-state index contributed by atoms with van der Waals surface area (Å²) >= 11 is 0. The van der Waals surface area contributed by atoms with Gasteiger partial charge in [0.1, 0.15) is 11.6 Å². The van der Waals surface area contributed by atoms with Crippen molar-refractivity contribution in [3.8, 4) is 17.1 Å². The number of hydrogen-bond donors (Lipinski definition) is 1. The highest BCUT2D eigenvalue weighted by atomic mass is 16.5. The van der Waals surface area contributed by atoms with Gasteiger partial charge in [-0.05, 0) is 43.3 Å². The molecule has 0 fully saturated rings. The molecule has 0 bridgehead atoms. The molecule has 1 amide bonds. The molecule has 1 aromatic heterocycles. The lowest BCUT2D eigenvalue weighted by atomic mass is 10.1. The normalized spacial score (nSPS) is 10.4. The van der Waals surface area contributed by atoms with Crippen LogP contribution in [0.15, 0.2) is 60.9 Å². The van der Waals surface area contributed by atoms with Crippen molar-refractivity contribution in [3.63, 3.8) is 0 Å². The minimum atomic E-state index is -0.157. The third-order valence-electron chi connectivity index (χ3n) is 3.63.